The highest BCUT2D eigenvalue weighted by atomic mass is 16.5. The number of carbonyl (C=O) groups is 3. The Labute approximate surface area is 329 Å². The fraction of sp³-hybridized carbons (Fsp3) is 0.385. The number of pyridine rings is 1. The van der Waals surface area contributed by atoms with Gasteiger partial charge in [0.2, 0.25) is 17.8 Å². The highest BCUT2D eigenvalue weighted by Crippen LogP contribution is 2.32. The largest absolute Gasteiger partial charge is 0.491 e. The third kappa shape index (κ3) is 8.56. The topological polar surface area (TPSA) is 210 Å². The van der Waals surface area contributed by atoms with Crippen molar-refractivity contribution in [2.24, 2.45) is 5.73 Å². The van der Waals surface area contributed by atoms with Gasteiger partial charge in [-0.3, -0.25) is 38.9 Å². The second-order valence-electron chi connectivity index (χ2n) is 13.8. The Balaban J connectivity index is 1.20. The number of ether oxygens (including phenoxy) is 1. The van der Waals surface area contributed by atoms with Crippen molar-refractivity contribution in [3.8, 4) is 5.75 Å². The van der Waals surface area contributed by atoms with Crippen LogP contribution < -0.4 is 26.4 Å². The maximum atomic E-state index is 13.7. The summed E-state index contributed by atoms with van der Waals surface area (Å²) in [5.74, 6) is -0.337. The first-order valence-electron chi connectivity index (χ1n) is 19.2. The number of amides is 3. The van der Waals surface area contributed by atoms with Crippen LogP contribution in [0.1, 0.15) is 63.0 Å². The van der Waals surface area contributed by atoms with Crippen LogP contribution in [0.5, 0.6) is 5.75 Å². The first-order chi connectivity index (χ1) is 27.6. The van der Waals surface area contributed by atoms with E-state index in [9.17, 15) is 14.4 Å². The summed E-state index contributed by atoms with van der Waals surface area (Å²) in [6.45, 7) is 14.2. The van der Waals surface area contributed by atoms with Gasteiger partial charge in [0.25, 0.3) is 11.8 Å². The predicted molar refractivity (Wildman–Crippen MR) is 216 cm³/mol. The van der Waals surface area contributed by atoms with E-state index in [0.717, 1.165) is 44.8 Å². The number of piperazine rings is 1. The lowest BCUT2D eigenvalue weighted by Crippen LogP contribution is -2.43. The molecule has 0 spiro atoms. The minimum Gasteiger partial charge on any atom is -0.491 e. The standard InChI is InChI=1S/C39H48N14O4/c1-5-52-30(21-25(3)47-52)36(55)45-38-44-29-23-27(34(40)54)24-32(57-20-10-15-49-18-13-41-14-19-49)33(29)50(38)16-7-8-17-51-35-28(11-9-12-42-35)43-39(51)46-37(56)31-22-26(4)48-53(31)6-2/h7-9,11-12,21-24,41H,5-6,10,13-20H2,1-4H3,(H2,40,54)(H,43,46,56)(H,44,45,55)/b8-7+. The number of allylic oxidation sites excluding steroid dienone is 2. The van der Waals surface area contributed by atoms with Crippen molar-refractivity contribution in [2.45, 2.75) is 60.3 Å². The van der Waals surface area contributed by atoms with E-state index in [2.05, 4.69) is 41.0 Å². The van der Waals surface area contributed by atoms with E-state index < -0.39 is 5.91 Å². The Hall–Kier alpha value is -6.40. The molecule has 0 atom stereocenters. The molecule has 18 nitrogen and oxygen atoms in total. The normalized spacial score (nSPS) is 13.5. The van der Waals surface area contributed by atoms with E-state index in [1.807, 2.05) is 55.0 Å². The number of primary amides is 1. The van der Waals surface area contributed by atoms with Gasteiger partial charge in [0, 0.05) is 70.7 Å². The second-order valence-corrected chi connectivity index (χ2v) is 13.8. The molecule has 3 amide bonds. The summed E-state index contributed by atoms with van der Waals surface area (Å²) in [6, 6.07) is 10.3. The van der Waals surface area contributed by atoms with Crippen LogP contribution in [0, 0.1) is 13.8 Å². The molecular weight excluding hydrogens is 729 g/mol. The molecule has 1 aromatic carbocycles. The number of hydrogen-bond donors (Lipinski definition) is 4. The van der Waals surface area contributed by atoms with Gasteiger partial charge >= 0.3 is 0 Å². The van der Waals surface area contributed by atoms with Crippen molar-refractivity contribution >= 4 is 51.8 Å². The number of aryl methyl sites for hydroxylation is 4. The van der Waals surface area contributed by atoms with Gasteiger partial charge in [0.15, 0.2) is 5.65 Å². The van der Waals surface area contributed by atoms with Gasteiger partial charge in [-0.1, -0.05) is 12.2 Å². The fourth-order valence-electron chi connectivity index (χ4n) is 7.02. The lowest BCUT2D eigenvalue weighted by atomic mass is 10.1. The lowest BCUT2D eigenvalue weighted by molar-refractivity contribution is 0.0994. The van der Waals surface area contributed by atoms with E-state index in [4.69, 9.17) is 15.5 Å². The van der Waals surface area contributed by atoms with E-state index in [1.165, 1.54) is 0 Å². The third-order valence-electron chi connectivity index (χ3n) is 9.74. The number of nitrogens with one attached hydrogen (secondary N) is 3. The zero-order valence-electron chi connectivity index (χ0n) is 32.7. The molecule has 0 saturated carbocycles. The van der Waals surface area contributed by atoms with Crippen LogP contribution in [-0.2, 0) is 26.2 Å². The minimum atomic E-state index is -0.622. The fourth-order valence-corrected chi connectivity index (χ4v) is 7.02. The summed E-state index contributed by atoms with van der Waals surface area (Å²) < 4.78 is 13.3. The van der Waals surface area contributed by atoms with Gasteiger partial charge in [-0.2, -0.15) is 10.2 Å². The van der Waals surface area contributed by atoms with E-state index in [-0.39, 0.29) is 29.9 Å². The van der Waals surface area contributed by atoms with E-state index >= 15 is 0 Å². The van der Waals surface area contributed by atoms with Crippen molar-refractivity contribution in [3.05, 3.63) is 83.1 Å². The Morgan fingerprint density at radius 1 is 0.860 bits per heavy atom. The average molecular weight is 777 g/mol. The molecule has 18 heteroatoms. The van der Waals surface area contributed by atoms with Crippen molar-refractivity contribution in [3.63, 3.8) is 0 Å². The highest BCUT2D eigenvalue weighted by molar-refractivity contribution is 6.04. The number of fused-ring (bicyclic) bond motifs is 2. The molecular formula is C39H48N14O4. The van der Waals surface area contributed by atoms with Crippen molar-refractivity contribution in [1.29, 1.82) is 0 Å². The van der Waals surface area contributed by atoms with Gasteiger partial charge in [-0.15, -0.1) is 0 Å². The number of nitrogens with zero attached hydrogens (tertiary/aromatic N) is 10. The third-order valence-corrected chi connectivity index (χ3v) is 9.74. The summed E-state index contributed by atoms with van der Waals surface area (Å²) >= 11 is 0. The molecule has 57 heavy (non-hydrogen) atoms. The molecule has 6 heterocycles. The summed E-state index contributed by atoms with van der Waals surface area (Å²) in [6.07, 6.45) is 6.29. The molecule has 1 aliphatic rings. The molecule has 0 unspecified atom stereocenters. The van der Waals surface area contributed by atoms with Crippen LogP contribution in [-0.4, -0.2) is 106 Å². The Morgan fingerprint density at radius 2 is 1.47 bits per heavy atom. The van der Waals surface area contributed by atoms with E-state index in [0.29, 0.717) is 77.2 Å². The van der Waals surface area contributed by atoms with Crippen LogP contribution >= 0.6 is 0 Å². The summed E-state index contributed by atoms with van der Waals surface area (Å²) in [5.41, 5.74) is 10.5. The maximum absolute atomic E-state index is 13.7. The molecule has 0 radical (unpaired) electrons. The van der Waals surface area contributed by atoms with Crippen molar-refractivity contribution in [2.75, 3.05) is 50.0 Å². The average Bonchev–Trinajstić information content (AvgIpc) is 3.97. The van der Waals surface area contributed by atoms with E-state index in [1.54, 1.807) is 45.9 Å². The molecule has 0 aliphatic carbocycles. The summed E-state index contributed by atoms with van der Waals surface area (Å²) in [5, 5.41) is 18.1. The van der Waals surface area contributed by atoms with Crippen molar-refractivity contribution < 1.29 is 19.1 Å². The van der Waals surface area contributed by atoms with Gasteiger partial charge in [0.1, 0.15) is 28.2 Å². The zero-order chi connectivity index (χ0) is 40.1. The molecule has 5 aromatic heterocycles. The Morgan fingerprint density at radius 3 is 2.11 bits per heavy atom. The second kappa shape index (κ2) is 17.2. The smallest absolute Gasteiger partial charge is 0.276 e. The first kappa shape index (κ1) is 38.9. The van der Waals surface area contributed by atoms with Crippen LogP contribution in [0.15, 0.2) is 54.7 Å². The molecule has 5 N–H and O–H groups in total. The van der Waals surface area contributed by atoms with Gasteiger partial charge < -0.3 is 25.3 Å². The molecule has 6 aromatic rings. The summed E-state index contributed by atoms with van der Waals surface area (Å²) in [4.78, 5) is 56.0. The Kier molecular flexibility index (Phi) is 11.7. The maximum Gasteiger partial charge on any atom is 0.276 e. The summed E-state index contributed by atoms with van der Waals surface area (Å²) in [7, 11) is 0. The number of benzene rings is 1. The number of rotatable bonds is 16. The molecule has 0 bridgehead atoms. The number of hydrogen-bond acceptors (Lipinski definition) is 11. The highest BCUT2D eigenvalue weighted by Gasteiger charge is 2.23. The zero-order valence-corrected chi connectivity index (χ0v) is 32.7. The number of anilines is 2. The molecule has 1 saturated heterocycles. The van der Waals surface area contributed by atoms with Crippen LogP contribution in [0.3, 0.4) is 0 Å². The van der Waals surface area contributed by atoms with Gasteiger partial charge in [-0.25, -0.2) is 15.0 Å². The van der Waals surface area contributed by atoms with Gasteiger partial charge in [-0.05, 0) is 70.5 Å². The lowest BCUT2D eigenvalue weighted by Gasteiger charge is -2.27. The monoisotopic (exact) mass is 776 g/mol. The predicted octanol–water partition coefficient (Wildman–Crippen LogP) is 3.36. The number of nitrogens with two attached hydrogens (primary N) is 1. The van der Waals surface area contributed by atoms with Crippen LogP contribution in [0.4, 0.5) is 11.9 Å². The van der Waals surface area contributed by atoms with Crippen molar-refractivity contribution in [1.82, 2.24) is 53.9 Å². The minimum absolute atomic E-state index is 0.239. The quantitative estimate of drug-likeness (QED) is 0.0827. The number of imidazole rings is 2. The van der Waals surface area contributed by atoms with Crippen LogP contribution in [0.2, 0.25) is 0 Å². The molecule has 7 rings (SSSR count). The van der Waals surface area contributed by atoms with Gasteiger partial charge in [0.05, 0.1) is 23.5 Å². The Bertz CT molecular complexity index is 2450. The molecule has 1 aliphatic heterocycles. The first-order valence-corrected chi connectivity index (χ1v) is 19.2. The van der Waals surface area contributed by atoms with Crippen LogP contribution in [0.25, 0.3) is 22.2 Å². The number of carbonyl (C=O) groups excluding carboxylic acids is 3. The SMILES string of the molecule is CCn1nc(C)cc1C(=O)Nc1nc2cccnc2n1C/C=C/Cn1c(NC(=O)c2cc(C)nn2CC)nc2cc(C(N)=O)cc(OCCCN3CCNCC3)c21. The molecule has 1 fully saturated rings. The number of aromatic nitrogens is 9. The molecule has 298 valence electrons.